The number of aliphatic hydroxyl groups excluding tert-OH is 1. The number of benzene rings is 1. The Bertz CT molecular complexity index is 748. The van der Waals surface area contributed by atoms with Gasteiger partial charge in [0.1, 0.15) is 17.5 Å². The van der Waals surface area contributed by atoms with Crippen LogP contribution >= 0.6 is 15.9 Å². The van der Waals surface area contributed by atoms with Crippen LogP contribution in [0.25, 0.3) is 0 Å². The van der Waals surface area contributed by atoms with Gasteiger partial charge >= 0.3 is 0 Å². The first-order chi connectivity index (χ1) is 11.7. The van der Waals surface area contributed by atoms with Crippen LogP contribution in [0, 0.1) is 0 Å². The number of nitrogens with zero attached hydrogens (tertiary/aromatic N) is 3. The quantitative estimate of drug-likeness (QED) is 0.823. The predicted octanol–water partition coefficient (Wildman–Crippen LogP) is 3.08. The number of nitrogens with one attached hydrogen (secondary N) is 1. The van der Waals surface area contributed by atoms with Crippen molar-refractivity contribution in [1.82, 2.24) is 9.97 Å². The lowest BCUT2D eigenvalue weighted by atomic mass is 10.00. The highest BCUT2D eigenvalue weighted by Crippen LogP contribution is 2.39. The third-order valence-electron chi connectivity index (χ3n) is 4.59. The zero-order chi connectivity index (χ0) is 16.5. The molecule has 24 heavy (non-hydrogen) atoms. The van der Waals surface area contributed by atoms with Gasteiger partial charge in [0, 0.05) is 36.1 Å². The highest BCUT2D eigenvalue weighted by molar-refractivity contribution is 9.10. The summed E-state index contributed by atoms with van der Waals surface area (Å²) in [6.07, 6.45) is 3.39. The number of anilines is 2. The number of hydrogen-bond donors (Lipinski definition) is 2. The molecule has 5 nitrogen and oxygen atoms in total. The van der Waals surface area contributed by atoms with E-state index in [9.17, 15) is 0 Å². The van der Waals surface area contributed by atoms with Gasteiger partial charge < -0.3 is 15.3 Å². The highest BCUT2D eigenvalue weighted by atomic mass is 79.9. The molecule has 4 rings (SSSR count). The van der Waals surface area contributed by atoms with Gasteiger partial charge in [0.15, 0.2) is 0 Å². The first-order valence-electron chi connectivity index (χ1n) is 8.49. The van der Waals surface area contributed by atoms with Crippen LogP contribution in [-0.4, -0.2) is 34.8 Å². The fourth-order valence-corrected chi connectivity index (χ4v) is 3.54. The van der Waals surface area contributed by atoms with Gasteiger partial charge in [0.25, 0.3) is 0 Å². The zero-order valence-corrected chi connectivity index (χ0v) is 15.1. The molecular weight excluding hydrogens is 368 g/mol. The maximum atomic E-state index is 9.05. The van der Waals surface area contributed by atoms with Crippen molar-refractivity contribution in [3.63, 3.8) is 0 Å². The Morgan fingerprint density at radius 3 is 2.88 bits per heavy atom. The first kappa shape index (κ1) is 15.8. The van der Waals surface area contributed by atoms with Crippen LogP contribution in [0.5, 0.6) is 0 Å². The maximum absolute atomic E-state index is 9.05. The van der Waals surface area contributed by atoms with Gasteiger partial charge in [-0.2, -0.15) is 0 Å². The molecule has 0 unspecified atom stereocenters. The monoisotopic (exact) mass is 388 g/mol. The van der Waals surface area contributed by atoms with Crippen LogP contribution in [0.3, 0.4) is 0 Å². The van der Waals surface area contributed by atoms with E-state index in [0.29, 0.717) is 12.5 Å². The van der Waals surface area contributed by atoms with Crippen molar-refractivity contribution in [3.8, 4) is 0 Å². The third-order valence-corrected chi connectivity index (χ3v) is 5.09. The van der Waals surface area contributed by atoms with Crippen LogP contribution in [0.1, 0.15) is 35.7 Å². The van der Waals surface area contributed by atoms with Crippen molar-refractivity contribution in [2.24, 2.45) is 0 Å². The number of hydrogen-bond acceptors (Lipinski definition) is 5. The fourth-order valence-electron chi connectivity index (χ4n) is 3.13. The van der Waals surface area contributed by atoms with Gasteiger partial charge in [0.05, 0.1) is 6.61 Å². The van der Waals surface area contributed by atoms with E-state index in [1.165, 1.54) is 24.0 Å². The van der Waals surface area contributed by atoms with Crippen molar-refractivity contribution >= 4 is 27.6 Å². The summed E-state index contributed by atoms with van der Waals surface area (Å²) < 4.78 is 1.14. The van der Waals surface area contributed by atoms with Crippen LogP contribution in [0.4, 0.5) is 11.6 Å². The molecule has 0 radical (unpaired) electrons. The van der Waals surface area contributed by atoms with E-state index in [1.807, 2.05) is 6.07 Å². The molecule has 2 N–H and O–H groups in total. The Labute approximate surface area is 150 Å². The molecule has 1 aliphatic carbocycles. The van der Waals surface area contributed by atoms with Crippen LogP contribution in [0.15, 0.2) is 28.7 Å². The fraction of sp³-hybridized carbons (Fsp3) is 0.444. The first-order valence-corrected chi connectivity index (χ1v) is 9.28. The second-order valence-corrected chi connectivity index (χ2v) is 7.39. The van der Waals surface area contributed by atoms with E-state index < -0.39 is 0 Å². The highest BCUT2D eigenvalue weighted by Gasteiger charge is 2.28. The Kier molecular flexibility index (Phi) is 4.41. The summed E-state index contributed by atoms with van der Waals surface area (Å²) in [5.41, 5.74) is 2.77. The molecule has 126 valence electrons. The number of halogens is 1. The van der Waals surface area contributed by atoms with E-state index in [-0.39, 0.29) is 6.61 Å². The Balaban J connectivity index is 1.61. The van der Waals surface area contributed by atoms with Crippen LogP contribution < -0.4 is 10.2 Å². The topological polar surface area (TPSA) is 61.3 Å². The third kappa shape index (κ3) is 3.39. The molecule has 0 amide bonds. The van der Waals surface area contributed by atoms with Crippen molar-refractivity contribution < 1.29 is 5.11 Å². The molecule has 0 atom stereocenters. The zero-order valence-electron chi connectivity index (χ0n) is 13.5. The van der Waals surface area contributed by atoms with E-state index in [1.54, 1.807) is 0 Å². The maximum Gasteiger partial charge on any atom is 0.136 e. The summed E-state index contributed by atoms with van der Waals surface area (Å²) in [5.74, 6) is 3.25. The van der Waals surface area contributed by atoms with Gasteiger partial charge in [-0.05, 0) is 42.5 Å². The molecule has 0 bridgehead atoms. The SMILES string of the molecule is OCCNc1cc(N2CCc3cc(Br)ccc3C2)nc(C2CC2)n1. The lowest BCUT2D eigenvalue weighted by Crippen LogP contribution is -2.31. The average molecular weight is 389 g/mol. The second-order valence-electron chi connectivity index (χ2n) is 6.48. The summed E-state index contributed by atoms with van der Waals surface area (Å²) in [7, 11) is 0. The average Bonchev–Trinajstić information content (AvgIpc) is 3.44. The predicted molar refractivity (Wildman–Crippen MR) is 98.5 cm³/mol. The summed E-state index contributed by atoms with van der Waals surface area (Å²) in [4.78, 5) is 11.8. The minimum absolute atomic E-state index is 0.101. The van der Waals surface area contributed by atoms with Gasteiger partial charge in [0.2, 0.25) is 0 Å². The summed E-state index contributed by atoms with van der Waals surface area (Å²) in [6, 6.07) is 8.52. The molecule has 1 aromatic heterocycles. The van der Waals surface area contributed by atoms with E-state index in [2.05, 4.69) is 49.3 Å². The molecule has 1 fully saturated rings. The van der Waals surface area contributed by atoms with Crippen molar-refractivity contribution in [2.45, 2.75) is 31.7 Å². The number of aromatic nitrogens is 2. The van der Waals surface area contributed by atoms with E-state index in [4.69, 9.17) is 10.1 Å². The molecule has 1 aromatic carbocycles. The molecule has 2 aromatic rings. The molecule has 6 heteroatoms. The molecule has 2 aliphatic rings. The van der Waals surface area contributed by atoms with Crippen molar-refractivity contribution in [2.75, 3.05) is 29.9 Å². The van der Waals surface area contributed by atoms with E-state index >= 15 is 0 Å². The summed E-state index contributed by atoms with van der Waals surface area (Å²) in [6.45, 7) is 2.45. The molecular formula is C18H21BrN4O. The standard InChI is InChI=1S/C18H21BrN4O/c19-15-4-3-14-11-23(7-5-13(14)9-15)17-10-16(20-6-8-24)21-18(22-17)12-1-2-12/h3-4,9-10,12,24H,1-2,5-8,11H2,(H,20,21,22). The van der Waals surface area contributed by atoms with Gasteiger partial charge in [-0.25, -0.2) is 9.97 Å². The van der Waals surface area contributed by atoms with Gasteiger partial charge in [-0.3, -0.25) is 0 Å². The minimum atomic E-state index is 0.101. The summed E-state index contributed by atoms with van der Waals surface area (Å²) in [5, 5.41) is 12.2. The van der Waals surface area contributed by atoms with Crippen molar-refractivity contribution in [1.29, 1.82) is 0 Å². The minimum Gasteiger partial charge on any atom is -0.395 e. The number of fused-ring (bicyclic) bond motifs is 1. The van der Waals surface area contributed by atoms with Crippen LogP contribution in [0.2, 0.25) is 0 Å². The number of rotatable bonds is 5. The smallest absolute Gasteiger partial charge is 0.136 e. The molecule has 2 heterocycles. The Morgan fingerprint density at radius 1 is 1.21 bits per heavy atom. The van der Waals surface area contributed by atoms with Gasteiger partial charge in [-0.15, -0.1) is 0 Å². The number of aliphatic hydroxyl groups is 1. The summed E-state index contributed by atoms with van der Waals surface area (Å²) >= 11 is 3.55. The molecule has 1 saturated carbocycles. The lowest BCUT2D eigenvalue weighted by Gasteiger charge is -2.30. The van der Waals surface area contributed by atoms with E-state index in [0.717, 1.165) is 41.4 Å². The van der Waals surface area contributed by atoms with Crippen LogP contribution in [-0.2, 0) is 13.0 Å². The Hall–Kier alpha value is -1.66. The normalized spacial score (nSPS) is 16.8. The molecule has 0 saturated heterocycles. The lowest BCUT2D eigenvalue weighted by molar-refractivity contribution is 0.311. The van der Waals surface area contributed by atoms with Gasteiger partial charge in [-0.1, -0.05) is 22.0 Å². The largest absolute Gasteiger partial charge is 0.395 e. The molecule has 0 spiro atoms. The van der Waals surface area contributed by atoms with Crippen molar-refractivity contribution in [3.05, 3.63) is 45.7 Å². The second kappa shape index (κ2) is 6.69. The Morgan fingerprint density at radius 2 is 2.08 bits per heavy atom. The molecule has 1 aliphatic heterocycles.